The minimum atomic E-state index is 0. The van der Waals surface area contributed by atoms with Gasteiger partial charge in [0.05, 0.1) is 0 Å². The Morgan fingerprint density at radius 2 is 2.00 bits per heavy atom. The summed E-state index contributed by atoms with van der Waals surface area (Å²) in [6.45, 7) is 2.22. The molecule has 0 unspecified atom stereocenters. The summed E-state index contributed by atoms with van der Waals surface area (Å²) in [6.07, 6.45) is 7.38. The fraction of sp³-hybridized carbons (Fsp3) is 0.714. The van der Waals surface area contributed by atoms with E-state index in [1.54, 1.807) is 0 Å². The van der Waals surface area contributed by atoms with Crippen molar-refractivity contribution in [2.45, 2.75) is 32.6 Å². The second kappa shape index (κ2) is 11.7. The summed E-state index contributed by atoms with van der Waals surface area (Å²) in [6, 6.07) is 0. The van der Waals surface area contributed by atoms with E-state index in [0.29, 0.717) is 0 Å². The van der Waals surface area contributed by atoms with Gasteiger partial charge in [0.2, 0.25) is 0 Å². The van der Waals surface area contributed by atoms with Crippen molar-refractivity contribution >= 4 is 39.0 Å². The Morgan fingerprint density at radius 3 is 2.44 bits per heavy atom. The van der Waals surface area contributed by atoms with E-state index in [2.05, 4.69) is 28.9 Å². The molecule has 0 radical (unpaired) electrons. The normalized spacial score (nSPS) is 9.56. The van der Waals surface area contributed by atoms with Crippen molar-refractivity contribution in [3.63, 3.8) is 0 Å². The van der Waals surface area contributed by atoms with Gasteiger partial charge in [-0.25, -0.2) is 0 Å². The molecule has 0 amide bonds. The molecule has 0 aromatic carbocycles. The van der Waals surface area contributed by atoms with Crippen LogP contribution >= 0.6 is 15.9 Å². The van der Waals surface area contributed by atoms with Gasteiger partial charge in [0.15, 0.2) is 0 Å². The van der Waals surface area contributed by atoms with Crippen LogP contribution in [0.25, 0.3) is 0 Å². The van der Waals surface area contributed by atoms with Gasteiger partial charge in [0.25, 0.3) is 0 Å². The monoisotopic (exact) mass is 200 g/mol. The number of unbranched alkanes of at least 4 members (excludes halogenated alkanes) is 3. The topological polar surface area (TPSA) is 0 Å². The van der Waals surface area contributed by atoms with Gasteiger partial charge in [-0.05, 0) is 17.8 Å². The van der Waals surface area contributed by atoms with Crippen LogP contribution in [0.1, 0.15) is 32.6 Å². The van der Waals surface area contributed by atoms with Gasteiger partial charge in [-0.2, -0.15) is 0 Å². The van der Waals surface area contributed by atoms with Crippen molar-refractivity contribution in [1.82, 2.24) is 0 Å². The Bertz CT molecular complexity index is 61.9. The van der Waals surface area contributed by atoms with Crippen molar-refractivity contribution < 1.29 is 0 Å². The standard InChI is InChI=1S/C7H13Br.Mg/c1-2-3-4-5-6-7-8;/h6-7H,2-5H2,1H3;/q;+2/b7-6+;. The fourth-order valence-corrected chi connectivity index (χ4v) is 0.840. The average Bonchev–Trinajstić information content (AvgIpc) is 1.81. The maximum atomic E-state index is 3.22. The van der Waals surface area contributed by atoms with Crippen LogP contribution in [0, 0.1) is 0 Å². The molecule has 9 heavy (non-hydrogen) atoms. The maximum Gasteiger partial charge on any atom is 2.00 e. The molecule has 0 N–H and O–H groups in total. The predicted octanol–water partition coefficient (Wildman–Crippen LogP) is 3.09. The summed E-state index contributed by atoms with van der Waals surface area (Å²) in [4.78, 5) is 1.93. The molecule has 0 saturated heterocycles. The first kappa shape index (κ1) is 12.6. The predicted molar refractivity (Wildman–Crippen MR) is 48.0 cm³/mol. The van der Waals surface area contributed by atoms with E-state index in [1.165, 1.54) is 25.7 Å². The van der Waals surface area contributed by atoms with Crippen LogP contribution in [0.15, 0.2) is 11.1 Å². The minimum absolute atomic E-state index is 0. The quantitative estimate of drug-likeness (QED) is 0.484. The summed E-state index contributed by atoms with van der Waals surface area (Å²) in [5.74, 6) is 0. The van der Waals surface area contributed by atoms with Crippen molar-refractivity contribution in [2.75, 3.05) is 0 Å². The Kier molecular flexibility index (Phi) is 16.5. The van der Waals surface area contributed by atoms with Gasteiger partial charge in [0, 0.05) is 0 Å². The summed E-state index contributed by atoms with van der Waals surface area (Å²) in [5, 5.41) is 0. The minimum Gasteiger partial charge on any atom is -0.0776 e. The number of hydrogen-bond acceptors (Lipinski definition) is 0. The molecule has 0 rings (SSSR count). The smallest absolute Gasteiger partial charge is 0.0776 e. The number of allylic oxidation sites excluding steroid dienone is 1. The first-order valence-corrected chi connectivity index (χ1v) is 4.08. The Hall–Kier alpha value is 0.986. The molecule has 0 nitrogen and oxygen atoms in total. The molecule has 0 aliphatic carbocycles. The molecule has 0 bridgehead atoms. The van der Waals surface area contributed by atoms with Crippen LogP contribution in [0.5, 0.6) is 0 Å². The largest absolute Gasteiger partial charge is 2.00 e. The maximum absolute atomic E-state index is 3.22. The van der Waals surface area contributed by atoms with E-state index in [1.807, 2.05) is 4.99 Å². The van der Waals surface area contributed by atoms with E-state index >= 15 is 0 Å². The van der Waals surface area contributed by atoms with Crippen molar-refractivity contribution in [3.05, 3.63) is 11.1 Å². The number of hydrogen-bond donors (Lipinski definition) is 0. The Balaban J connectivity index is 0. The van der Waals surface area contributed by atoms with Crippen molar-refractivity contribution in [3.8, 4) is 0 Å². The zero-order valence-electron chi connectivity index (χ0n) is 6.07. The summed E-state index contributed by atoms with van der Waals surface area (Å²) in [5.41, 5.74) is 0. The van der Waals surface area contributed by atoms with Gasteiger partial charge in [-0.15, -0.1) is 0 Å². The molecular formula is C7H13BrMg+2. The van der Waals surface area contributed by atoms with Gasteiger partial charge in [-0.3, -0.25) is 0 Å². The molecule has 0 aliphatic rings. The van der Waals surface area contributed by atoms with E-state index in [-0.39, 0.29) is 23.1 Å². The number of halogens is 1. The van der Waals surface area contributed by atoms with Crippen LogP contribution in [-0.2, 0) is 0 Å². The zero-order valence-corrected chi connectivity index (χ0v) is 9.07. The summed E-state index contributed by atoms with van der Waals surface area (Å²) >= 11 is 3.22. The van der Waals surface area contributed by atoms with Gasteiger partial charge in [-0.1, -0.05) is 41.8 Å². The van der Waals surface area contributed by atoms with Gasteiger partial charge < -0.3 is 0 Å². The van der Waals surface area contributed by atoms with Crippen LogP contribution in [0.3, 0.4) is 0 Å². The average molecular weight is 201 g/mol. The summed E-state index contributed by atoms with van der Waals surface area (Å²) < 4.78 is 0. The van der Waals surface area contributed by atoms with Crippen LogP contribution in [0.2, 0.25) is 0 Å². The van der Waals surface area contributed by atoms with Crippen LogP contribution < -0.4 is 0 Å². The van der Waals surface area contributed by atoms with Crippen molar-refractivity contribution in [2.24, 2.45) is 0 Å². The molecule has 0 spiro atoms. The first-order chi connectivity index (χ1) is 3.91. The molecule has 0 aliphatic heterocycles. The third-order valence-corrected chi connectivity index (χ3v) is 1.44. The Labute approximate surface area is 82.4 Å². The second-order valence-corrected chi connectivity index (χ2v) is 2.39. The van der Waals surface area contributed by atoms with E-state index in [9.17, 15) is 0 Å². The zero-order chi connectivity index (χ0) is 6.24. The van der Waals surface area contributed by atoms with Gasteiger partial charge in [0.1, 0.15) is 0 Å². The van der Waals surface area contributed by atoms with E-state index in [4.69, 9.17) is 0 Å². The van der Waals surface area contributed by atoms with Crippen LogP contribution in [-0.4, -0.2) is 23.1 Å². The van der Waals surface area contributed by atoms with Crippen molar-refractivity contribution in [1.29, 1.82) is 0 Å². The molecule has 48 valence electrons. The van der Waals surface area contributed by atoms with Crippen LogP contribution in [0.4, 0.5) is 0 Å². The Morgan fingerprint density at radius 1 is 1.33 bits per heavy atom. The second-order valence-electron chi connectivity index (χ2n) is 1.86. The first-order valence-electron chi connectivity index (χ1n) is 3.17. The molecule has 2 heteroatoms. The summed E-state index contributed by atoms with van der Waals surface area (Å²) in [7, 11) is 0. The third-order valence-electron chi connectivity index (χ3n) is 1.06. The van der Waals surface area contributed by atoms with E-state index in [0.717, 1.165) is 0 Å². The molecular weight excluding hydrogens is 188 g/mol. The van der Waals surface area contributed by atoms with E-state index < -0.39 is 0 Å². The third kappa shape index (κ3) is 12.2. The fourth-order valence-electron chi connectivity index (χ4n) is 0.575. The van der Waals surface area contributed by atoms with Gasteiger partial charge >= 0.3 is 23.1 Å². The molecule has 0 atom stereocenters. The molecule has 0 fully saturated rings. The molecule has 0 aromatic rings. The number of rotatable bonds is 4. The molecule has 0 heterocycles. The SMILES string of the molecule is CCCCC/C=C/Br.[Mg+2]. The molecule has 0 aromatic heterocycles. The molecule has 0 saturated carbocycles.